The average Bonchev–Trinajstić information content (AvgIpc) is 3.75. The van der Waals surface area contributed by atoms with Crippen LogP contribution in [0.25, 0.3) is 5.76 Å². The van der Waals surface area contributed by atoms with E-state index in [1.165, 1.54) is 28.0 Å². The van der Waals surface area contributed by atoms with E-state index in [0.29, 0.717) is 58.3 Å². The van der Waals surface area contributed by atoms with E-state index in [4.69, 9.17) is 14.2 Å². The summed E-state index contributed by atoms with van der Waals surface area (Å²) in [4.78, 5) is 29.0. The van der Waals surface area contributed by atoms with Gasteiger partial charge < -0.3 is 19.3 Å². The topological polar surface area (TPSA) is 111 Å². The SMILES string of the molecule is CCOc1cc(C2C(=C(O)c3ccc4c(c3)CC(C)O4)C(=O)C(=O)N2c2nnc(SCc3ccccc3)s2)ccc1OCCC(C)C. The van der Waals surface area contributed by atoms with Gasteiger partial charge in [-0.1, -0.05) is 73.3 Å². The van der Waals surface area contributed by atoms with Crippen LogP contribution in [-0.2, 0) is 21.8 Å². The Bertz CT molecular complexity index is 1810. The monoisotopic (exact) mass is 671 g/mol. The molecule has 2 atom stereocenters. The molecule has 2 aliphatic rings. The molecule has 0 bridgehead atoms. The molecule has 2 unspecified atom stereocenters. The van der Waals surface area contributed by atoms with Crippen molar-refractivity contribution in [3.8, 4) is 17.2 Å². The third-order valence-corrected chi connectivity index (χ3v) is 10.1. The fourth-order valence-corrected chi connectivity index (χ4v) is 7.46. The van der Waals surface area contributed by atoms with Gasteiger partial charge in [0, 0.05) is 17.7 Å². The van der Waals surface area contributed by atoms with E-state index in [0.717, 1.165) is 23.3 Å². The number of aliphatic hydroxyl groups excluding tert-OH is 1. The molecule has 244 valence electrons. The summed E-state index contributed by atoms with van der Waals surface area (Å²) >= 11 is 2.73. The predicted octanol–water partition coefficient (Wildman–Crippen LogP) is 7.60. The fraction of sp³-hybridized carbons (Fsp3) is 0.333. The lowest BCUT2D eigenvalue weighted by Gasteiger charge is -2.24. The molecule has 11 heteroatoms. The lowest BCUT2D eigenvalue weighted by Crippen LogP contribution is -2.29. The average molecular weight is 672 g/mol. The number of hydrogen-bond acceptors (Lipinski definition) is 10. The van der Waals surface area contributed by atoms with Crippen LogP contribution in [0, 0.1) is 5.92 Å². The number of amides is 1. The summed E-state index contributed by atoms with van der Waals surface area (Å²) in [5.74, 6) is 1.08. The minimum Gasteiger partial charge on any atom is -0.507 e. The molecule has 0 saturated carbocycles. The number of ketones is 1. The van der Waals surface area contributed by atoms with Crippen molar-refractivity contribution in [1.29, 1.82) is 0 Å². The first kappa shape index (κ1) is 32.6. The summed E-state index contributed by atoms with van der Waals surface area (Å²) in [6, 6.07) is 19.7. The number of fused-ring (bicyclic) bond motifs is 1. The molecule has 0 aliphatic carbocycles. The highest BCUT2D eigenvalue weighted by Gasteiger charge is 2.48. The number of aliphatic hydroxyl groups is 1. The minimum atomic E-state index is -0.984. The van der Waals surface area contributed by atoms with Gasteiger partial charge in [-0.05, 0) is 73.2 Å². The van der Waals surface area contributed by atoms with E-state index in [1.807, 2.05) is 50.2 Å². The van der Waals surface area contributed by atoms with Crippen molar-refractivity contribution in [2.75, 3.05) is 18.1 Å². The summed E-state index contributed by atoms with van der Waals surface area (Å²) in [6.45, 7) is 9.03. The smallest absolute Gasteiger partial charge is 0.301 e. The van der Waals surface area contributed by atoms with Gasteiger partial charge in [0.1, 0.15) is 17.6 Å². The van der Waals surface area contributed by atoms with Crippen LogP contribution >= 0.6 is 23.1 Å². The maximum Gasteiger partial charge on any atom is 0.301 e. The number of nitrogens with zero attached hydrogens (tertiary/aromatic N) is 3. The molecule has 1 aromatic heterocycles. The van der Waals surface area contributed by atoms with Gasteiger partial charge in [0.05, 0.1) is 24.8 Å². The van der Waals surface area contributed by atoms with E-state index >= 15 is 0 Å². The Hall–Kier alpha value is -4.35. The molecule has 2 aliphatic heterocycles. The molecular weight excluding hydrogens is 635 g/mol. The van der Waals surface area contributed by atoms with Crippen LogP contribution in [0.15, 0.2) is 76.6 Å². The van der Waals surface area contributed by atoms with E-state index < -0.39 is 17.7 Å². The quantitative estimate of drug-likeness (QED) is 0.0535. The van der Waals surface area contributed by atoms with Gasteiger partial charge in [0.15, 0.2) is 15.8 Å². The van der Waals surface area contributed by atoms with Crippen LogP contribution in [0.2, 0.25) is 0 Å². The number of ether oxygens (including phenoxy) is 3. The molecule has 0 spiro atoms. The molecule has 1 fully saturated rings. The number of hydrogen-bond donors (Lipinski definition) is 1. The number of Topliss-reactive ketones (excluding diaryl/α,β-unsaturated/α-hetero) is 1. The van der Waals surface area contributed by atoms with Gasteiger partial charge in [-0.15, -0.1) is 10.2 Å². The molecule has 3 aromatic carbocycles. The third kappa shape index (κ3) is 7.01. The molecule has 4 aromatic rings. The van der Waals surface area contributed by atoms with Crippen molar-refractivity contribution in [2.24, 2.45) is 5.92 Å². The highest BCUT2D eigenvalue weighted by atomic mass is 32.2. The number of anilines is 1. The number of rotatable bonds is 12. The van der Waals surface area contributed by atoms with Crippen LogP contribution in [0.3, 0.4) is 0 Å². The van der Waals surface area contributed by atoms with Gasteiger partial charge in [0.2, 0.25) is 5.13 Å². The van der Waals surface area contributed by atoms with E-state index in [1.54, 1.807) is 30.3 Å². The Morgan fingerprint density at radius 2 is 1.87 bits per heavy atom. The lowest BCUT2D eigenvalue weighted by atomic mass is 9.94. The lowest BCUT2D eigenvalue weighted by molar-refractivity contribution is -0.132. The van der Waals surface area contributed by atoms with Gasteiger partial charge in [-0.25, -0.2) is 0 Å². The second-order valence-electron chi connectivity index (χ2n) is 11.9. The molecule has 6 rings (SSSR count). The van der Waals surface area contributed by atoms with E-state index in [-0.39, 0.29) is 22.6 Å². The van der Waals surface area contributed by atoms with Gasteiger partial charge in [-0.3, -0.25) is 14.5 Å². The first-order chi connectivity index (χ1) is 22.7. The van der Waals surface area contributed by atoms with Crippen LogP contribution in [0.5, 0.6) is 17.2 Å². The van der Waals surface area contributed by atoms with Gasteiger partial charge in [0.25, 0.3) is 5.78 Å². The van der Waals surface area contributed by atoms with Crippen molar-refractivity contribution in [3.63, 3.8) is 0 Å². The number of carbonyl (C=O) groups excluding carboxylic acids is 2. The Morgan fingerprint density at radius 3 is 2.64 bits per heavy atom. The fourth-order valence-electron chi connectivity index (χ4n) is 5.63. The summed E-state index contributed by atoms with van der Waals surface area (Å²) < 4.78 is 18.5. The number of benzene rings is 3. The highest BCUT2D eigenvalue weighted by molar-refractivity contribution is 8.00. The molecule has 1 amide bonds. The number of aromatic nitrogens is 2. The Balaban J connectivity index is 1.41. The first-order valence-corrected chi connectivity index (χ1v) is 17.5. The van der Waals surface area contributed by atoms with Gasteiger partial charge >= 0.3 is 5.91 Å². The molecule has 1 saturated heterocycles. The Kier molecular flexibility index (Phi) is 9.84. The van der Waals surface area contributed by atoms with Crippen molar-refractivity contribution < 1.29 is 28.9 Å². The van der Waals surface area contributed by atoms with Crippen LogP contribution in [-0.4, -0.2) is 46.3 Å². The third-order valence-electron chi connectivity index (χ3n) is 7.96. The van der Waals surface area contributed by atoms with Crippen molar-refractivity contribution >= 4 is 45.7 Å². The first-order valence-electron chi connectivity index (χ1n) is 15.7. The maximum absolute atomic E-state index is 13.8. The Morgan fingerprint density at radius 1 is 1.06 bits per heavy atom. The zero-order valence-corrected chi connectivity index (χ0v) is 28.4. The molecular formula is C36H37N3O6S2. The van der Waals surface area contributed by atoms with E-state index in [9.17, 15) is 14.7 Å². The second-order valence-corrected chi connectivity index (χ2v) is 14.1. The maximum atomic E-state index is 13.8. The standard InChI is InChI=1S/C36H37N3O6S2/c1-5-43-29-19-24(11-14-28(29)44-16-15-21(2)3)31-30(32(40)25-12-13-27-26(18-25)17-22(4)45-27)33(41)34(42)39(31)35-37-38-36(47-35)46-20-23-9-7-6-8-10-23/h6-14,18-19,21-22,31,40H,5,15-17,20H2,1-4H3. The number of thioether (sulfide) groups is 1. The minimum absolute atomic E-state index is 0.0117. The summed E-state index contributed by atoms with van der Waals surface area (Å²) in [6.07, 6.45) is 1.57. The molecule has 1 N–H and O–H groups in total. The Labute approximate surface area is 282 Å². The zero-order chi connectivity index (χ0) is 33.1. The summed E-state index contributed by atoms with van der Waals surface area (Å²) in [7, 11) is 0. The van der Waals surface area contributed by atoms with E-state index in [2.05, 4.69) is 24.0 Å². The number of carbonyl (C=O) groups is 2. The van der Waals surface area contributed by atoms with Crippen LogP contribution < -0.4 is 19.1 Å². The van der Waals surface area contributed by atoms with Crippen LogP contribution in [0.4, 0.5) is 5.13 Å². The normalized spacial score (nSPS) is 18.4. The van der Waals surface area contributed by atoms with Gasteiger partial charge in [-0.2, -0.15) is 0 Å². The predicted molar refractivity (Wildman–Crippen MR) is 183 cm³/mol. The molecule has 3 heterocycles. The summed E-state index contributed by atoms with van der Waals surface area (Å²) in [5.41, 5.74) is 3.02. The zero-order valence-electron chi connectivity index (χ0n) is 26.8. The highest BCUT2D eigenvalue weighted by Crippen LogP contribution is 2.46. The molecule has 9 nitrogen and oxygen atoms in total. The van der Waals surface area contributed by atoms with Crippen molar-refractivity contribution in [2.45, 2.75) is 62.8 Å². The largest absolute Gasteiger partial charge is 0.507 e. The second kappa shape index (κ2) is 14.2. The summed E-state index contributed by atoms with van der Waals surface area (Å²) in [5, 5.41) is 20.7. The van der Waals surface area contributed by atoms with Crippen LogP contribution in [0.1, 0.15) is 62.4 Å². The van der Waals surface area contributed by atoms with Crippen molar-refractivity contribution in [3.05, 3.63) is 94.6 Å². The van der Waals surface area contributed by atoms with Crippen molar-refractivity contribution in [1.82, 2.24) is 10.2 Å². The molecule has 47 heavy (non-hydrogen) atoms. The molecule has 0 radical (unpaired) electrons.